The fourth-order valence-electron chi connectivity index (χ4n) is 3.97. The monoisotopic (exact) mass is 388 g/mol. The molecule has 28 heavy (non-hydrogen) atoms. The highest BCUT2D eigenvalue weighted by atomic mass is 19.1. The molecular weight excluding hydrogens is 366 g/mol. The smallest absolute Gasteiger partial charge is 0.410 e. The standard InChI is InChI=1S/C21H22F2N2O3/c1-27-18-4-2-14(3-5-18)6-7-25-19-12-24(13-20(19)28-21(25)26)11-15-8-16(22)10-17(23)9-15/h2-5,8-10,19-20H,6-7,11-13H2,1H3/t19-,20+/m1/s1. The Balaban J connectivity index is 1.37. The number of hydrogen-bond acceptors (Lipinski definition) is 4. The molecule has 5 nitrogen and oxygen atoms in total. The quantitative estimate of drug-likeness (QED) is 0.762. The number of rotatable bonds is 6. The summed E-state index contributed by atoms with van der Waals surface area (Å²) in [6.07, 6.45) is 0.221. The minimum Gasteiger partial charge on any atom is -0.497 e. The van der Waals surface area contributed by atoms with Crippen LogP contribution in [0.3, 0.4) is 0 Å². The van der Waals surface area contributed by atoms with Crippen molar-refractivity contribution in [3.63, 3.8) is 0 Å². The molecule has 2 aromatic rings. The Hall–Kier alpha value is -2.67. The number of ether oxygens (including phenoxy) is 2. The molecule has 2 atom stereocenters. The third-order valence-electron chi connectivity index (χ3n) is 5.33. The van der Waals surface area contributed by atoms with Crippen molar-refractivity contribution in [1.82, 2.24) is 9.80 Å². The summed E-state index contributed by atoms with van der Waals surface area (Å²) in [7, 11) is 1.62. The number of methoxy groups -OCH3 is 1. The highest BCUT2D eigenvalue weighted by molar-refractivity contribution is 5.71. The molecule has 1 amide bonds. The van der Waals surface area contributed by atoms with E-state index < -0.39 is 11.6 Å². The molecule has 0 N–H and O–H groups in total. The topological polar surface area (TPSA) is 42.0 Å². The maximum atomic E-state index is 13.4. The minimum atomic E-state index is -0.582. The normalized spacial score (nSPS) is 21.7. The molecule has 2 aliphatic rings. The third-order valence-corrected chi connectivity index (χ3v) is 5.33. The zero-order valence-corrected chi connectivity index (χ0v) is 15.6. The predicted octanol–water partition coefficient (Wildman–Crippen LogP) is 3.22. The summed E-state index contributed by atoms with van der Waals surface area (Å²) in [5.41, 5.74) is 1.69. The second kappa shape index (κ2) is 7.75. The van der Waals surface area contributed by atoms with E-state index in [1.54, 1.807) is 12.0 Å². The van der Waals surface area contributed by atoms with Gasteiger partial charge in [-0.2, -0.15) is 0 Å². The van der Waals surface area contributed by atoms with Gasteiger partial charge in [0.15, 0.2) is 0 Å². The van der Waals surface area contributed by atoms with E-state index in [0.29, 0.717) is 31.7 Å². The van der Waals surface area contributed by atoms with E-state index in [1.165, 1.54) is 12.1 Å². The van der Waals surface area contributed by atoms with E-state index in [4.69, 9.17) is 9.47 Å². The minimum absolute atomic E-state index is 0.0378. The van der Waals surface area contributed by atoms with Crippen LogP contribution in [0.1, 0.15) is 11.1 Å². The van der Waals surface area contributed by atoms with Gasteiger partial charge in [-0.3, -0.25) is 9.80 Å². The van der Waals surface area contributed by atoms with Crippen LogP contribution in [0.15, 0.2) is 42.5 Å². The summed E-state index contributed by atoms with van der Waals surface area (Å²) in [4.78, 5) is 16.1. The number of amides is 1. The molecule has 2 saturated heterocycles. The molecule has 0 aliphatic carbocycles. The molecule has 2 aromatic carbocycles. The number of nitrogens with zero attached hydrogens (tertiary/aromatic N) is 2. The predicted molar refractivity (Wildman–Crippen MR) is 99.1 cm³/mol. The van der Waals surface area contributed by atoms with Gasteiger partial charge in [-0.1, -0.05) is 12.1 Å². The molecule has 0 bridgehead atoms. The average Bonchev–Trinajstić information content (AvgIpc) is 3.15. The highest BCUT2D eigenvalue weighted by Gasteiger charge is 2.47. The Morgan fingerprint density at radius 2 is 1.79 bits per heavy atom. The maximum Gasteiger partial charge on any atom is 0.410 e. The van der Waals surface area contributed by atoms with Crippen molar-refractivity contribution in [2.45, 2.75) is 25.1 Å². The van der Waals surface area contributed by atoms with Crippen molar-refractivity contribution in [3.05, 3.63) is 65.2 Å². The number of hydrogen-bond donors (Lipinski definition) is 0. The van der Waals surface area contributed by atoms with E-state index in [2.05, 4.69) is 4.90 Å². The van der Waals surface area contributed by atoms with Crippen LogP contribution in [-0.4, -0.2) is 54.8 Å². The first kappa shape index (κ1) is 18.7. The molecule has 0 aromatic heterocycles. The number of likely N-dealkylation sites (tertiary alicyclic amines) is 1. The first-order valence-electron chi connectivity index (χ1n) is 9.29. The number of carbonyl (C=O) groups excluding carboxylic acids is 1. The maximum absolute atomic E-state index is 13.4. The summed E-state index contributed by atoms with van der Waals surface area (Å²) < 4.78 is 37.5. The van der Waals surface area contributed by atoms with Crippen LogP contribution in [0.2, 0.25) is 0 Å². The molecular formula is C21H22F2N2O3. The lowest BCUT2D eigenvalue weighted by atomic mass is 10.1. The van der Waals surface area contributed by atoms with Crippen LogP contribution >= 0.6 is 0 Å². The molecule has 2 heterocycles. The number of benzene rings is 2. The summed E-state index contributed by atoms with van der Waals surface area (Å²) in [5.74, 6) is -0.367. The van der Waals surface area contributed by atoms with E-state index in [9.17, 15) is 13.6 Å². The molecule has 4 rings (SSSR count). The van der Waals surface area contributed by atoms with E-state index in [-0.39, 0.29) is 18.2 Å². The summed E-state index contributed by atoms with van der Waals surface area (Å²) in [6, 6.07) is 11.3. The first-order valence-corrected chi connectivity index (χ1v) is 9.29. The fourth-order valence-corrected chi connectivity index (χ4v) is 3.97. The van der Waals surface area contributed by atoms with Crippen molar-refractivity contribution in [3.8, 4) is 5.75 Å². The Morgan fingerprint density at radius 1 is 1.07 bits per heavy atom. The number of fused-ring (bicyclic) bond motifs is 1. The first-order chi connectivity index (χ1) is 13.5. The van der Waals surface area contributed by atoms with Gasteiger partial charge in [0, 0.05) is 32.2 Å². The zero-order valence-electron chi connectivity index (χ0n) is 15.6. The van der Waals surface area contributed by atoms with Gasteiger partial charge in [0.1, 0.15) is 23.5 Å². The number of halogens is 2. The van der Waals surface area contributed by atoms with E-state index >= 15 is 0 Å². The second-order valence-electron chi connectivity index (χ2n) is 7.25. The second-order valence-corrected chi connectivity index (χ2v) is 7.25. The van der Waals surface area contributed by atoms with Gasteiger partial charge in [-0.15, -0.1) is 0 Å². The van der Waals surface area contributed by atoms with Crippen LogP contribution in [0.4, 0.5) is 13.6 Å². The average molecular weight is 388 g/mol. The summed E-state index contributed by atoms with van der Waals surface area (Å²) in [5, 5.41) is 0. The van der Waals surface area contributed by atoms with Crippen molar-refractivity contribution in [2.24, 2.45) is 0 Å². The van der Waals surface area contributed by atoms with Gasteiger partial charge < -0.3 is 9.47 Å². The van der Waals surface area contributed by atoms with Crippen LogP contribution < -0.4 is 4.74 Å². The lowest BCUT2D eigenvalue weighted by Crippen LogP contribution is -2.39. The fraction of sp³-hybridized carbons (Fsp3) is 0.381. The molecule has 0 spiro atoms. The Morgan fingerprint density at radius 3 is 2.46 bits per heavy atom. The van der Waals surface area contributed by atoms with Gasteiger partial charge in [-0.25, -0.2) is 13.6 Å². The van der Waals surface area contributed by atoms with Crippen LogP contribution in [0, 0.1) is 11.6 Å². The van der Waals surface area contributed by atoms with E-state index in [0.717, 1.165) is 23.8 Å². The summed E-state index contributed by atoms with van der Waals surface area (Å²) in [6.45, 7) is 2.17. The van der Waals surface area contributed by atoms with Gasteiger partial charge in [0.25, 0.3) is 0 Å². The zero-order chi connectivity index (χ0) is 19.7. The van der Waals surface area contributed by atoms with Gasteiger partial charge in [0.2, 0.25) is 0 Å². The van der Waals surface area contributed by atoms with Crippen LogP contribution in [-0.2, 0) is 17.7 Å². The summed E-state index contributed by atoms with van der Waals surface area (Å²) >= 11 is 0. The highest BCUT2D eigenvalue weighted by Crippen LogP contribution is 2.28. The van der Waals surface area contributed by atoms with Crippen molar-refractivity contribution in [2.75, 3.05) is 26.7 Å². The van der Waals surface area contributed by atoms with Gasteiger partial charge in [-0.05, 0) is 41.8 Å². The lowest BCUT2D eigenvalue weighted by molar-refractivity contribution is 0.120. The molecule has 148 valence electrons. The van der Waals surface area contributed by atoms with Crippen molar-refractivity contribution < 1.29 is 23.0 Å². The van der Waals surface area contributed by atoms with Gasteiger partial charge >= 0.3 is 6.09 Å². The third kappa shape index (κ3) is 3.94. The molecule has 0 unspecified atom stereocenters. The Kier molecular flexibility index (Phi) is 5.17. The van der Waals surface area contributed by atoms with Crippen molar-refractivity contribution in [1.29, 1.82) is 0 Å². The van der Waals surface area contributed by atoms with E-state index in [1.807, 2.05) is 24.3 Å². The SMILES string of the molecule is COc1ccc(CCN2C(=O)O[C@H]3CN(Cc4cc(F)cc(F)c4)C[C@H]32)cc1. The molecule has 7 heteroatoms. The lowest BCUT2D eigenvalue weighted by Gasteiger charge is -2.22. The number of carbonyl (C=O) groups is 1. The van der Waals surface area contributed by atoms with Gasteiger partial charge in [0.05, 0.1) is 13.2 Å². The van der Waals surface area contributed by atoms with Crippen LogP contribution in [0.25, 0.3) is 0 Å². The Bertz CT molecular complexity index is 839. The molecule has 2 aliphatic heterocycles. The molecule has 0 radical (unpaired) electrons. The largest absolute Gasteiger partial charge is 0.497 e. The molecule has 2 fully saturated rings. The molecule has 0 saturated carbocycles. The van der Waals surface area contributed by atoms with Crippen molar-refractivity contribution >= 4 is 6.09 Å². The van der Waals surface area contributed by atoms with Crippen LogP contribution in [0.5, 0.6) is 5.75 Å². The Labute approximate surface area is 162 Å².